The van der Waals surface area contributed by atoms with Crippen LogP contribution in [-0.4, -0.2) is 20.7 Å². The number of aromatic nitrogens is 3. The summed E-state index contributed by atoms with van der Waals surface area (Å²) < 4.78 is 1.86. The summed E-state index contributed by atoms with van der Waals surface area (Å²) in [5.74, 6) is -0.257. The highest BCUT2D eigenvalue weighted by Gasteiger charge is 2.16. The number of aromatic amines is 1. The molecular weight excluding hydrogens is 383 g/mol. The van der Waals surface area contributed by atoms with Crippen molar-refractivity contribution in [1.82, 2.24) is 20.1 Å². The first kappa shape index (κ1) is 17.6. The molecule has 27 heavy (non-hydrogen) atoms. The van der Waals surface area contributed by atoms with E-state index in [0.29, 0.717) is 28.8 Å². The normalized spacial score (nSPS) is 11.0. The van der Waals surface area contributed by atoms with Gasteiger partial charge in [0.1, 0.15) is 5.69 Å². The molecule has 4 aromatic rings. The Morgan fingerprint density at radius 1 is 1.11 bits per heavy atom. The van der Waals surface area contributed by atoms with Crippen LogP contribution >= 0.6 is 23.2 Å². The molecule has 0 atom stereocenters. The summed E-state index contributed by atoms with van der Waals surface area (Å²) in [5.41, 5.74) is 3.26. The van der Waals surface area contributed by atoms with E-state index in [0.717, 1.165) is 22.0 Å². The lowest BCUT2D eigenvalue weighted by Crippen LogP contribution is -2.23. The molecular formula is C20H16Cl2N4O. The summed E-state index contributed by atoms with van der Waals surface area (Å²) in [5, 5.41) is 8.77. The van der Waals surface area contributed by atoms with Gasteiger partial charge < -0.3 is 10.3 Å². The van der Waals surface area contributed by atoms with Crippen LogP contribution in [0.3, 0.4) is 0 Å². The van der Waals surface area contributed by atoms with Crippen LogP contribution in [0, 0.1) is 0 Å². The molecule has 0 aliphatic carbocycles. The largest absolute Gasteiger partial charge is 0.349 e. The second kappa shape index (κ2) is 7.47. The molecule has 0 unspecified atom stereocenters. The lowest BCUT2D eigenvalue weighted by Gasteiger charge is -2.07. The van der Waals surface area contributed by atoms with Gasteiger partial charge in [0.15, 0.2) is 0 Å². The molecule has 4 rings (SSSR count). The van der Waals surface area contributed by atoms with Gasteiger partial charge in [0.05, 0.1) is 11.6 Å². The van der Waals surface area contributed by atoms with E-state index in [2.05, 4.69) is 15.4 Å². The third kappa shape index (κ3) is 3.84. The smallest absolute Gasteiger partial charge is 0.269 e. The van der Waals surface area contributed by atoms with E-state index in [1.54, 1.807) is 24.4 Å². The fourth-order valence-electron chi connectivity index (χ4n) is 2.90. The highest BCUT2D eigenvalue weighted by atomic mass is 35.5. The molecule has 0 radical (unpaired) electrons. The third-order valence-electron chi connectivity index (χ3n) is 4.30. The van der Waals surface area contributed by atoms with Crippen LogP contribution in [0.5, 0.6) is 0 Å². The minimum atomic E-state index is -0.257. The number of rotatable bonds is 5. The van der Waals surface area contributed by atoms with Crippen LogP contribution in [0.15, 0.2) is 60.9 Å². The van der Waals surface area contributed by atoms with Crippen molar-refractivity contribution in [3.63, 3.8) is 0 Å². The third-order valence-corrected chi connectivity index (χ3v) is 4.93. The topological polar surface area (TPSA) is 62.7 Å². The van der Waals surface area contributed by atoms with Gasteiger partial charge in [-0.1, -0.05) is 47.5 Å². The highest BCUT2D eigenvalue weighted by molar-refractivity contribution is 6.39. The van der Waals surface area contributed by atoms with Gasteiger partial charge in [0, 0.05) is 34.9 Å². The average molecular weight is 399 g/mol. The van der Waals surface area contributed by atoms with Crippen LogP contribution in [0.25, 0.3) is 10.9 Å². The standard InChI is InChI=1S/C20H16Cl2N4O/c21-15-6-7-17-16(10-15)18(22)19(25-17)20(27)23-11-13-2-4-14(5-3-13)12-26-9-1-8-24-26/h1-10,25H,11-12H2,(H,23,27). The zero-order chi connectivity index (χ0) is 18.8. The van der Waals surface area contributed by atoms with Crippen LogP contribution in [0.2, 0.25) is 10.0 Å². The van der Waals surface area contributed by atoms with Crippen molar-refractivity contribution in [3.8, 4) is 0 Å². The molecule has 1 amide bonds. The highest BCUT2D eigenvalue weighted by Crippen LogP contribution is 2.29. The quantitative estimate of drug-likeness (QED) is 0.513. The monoisotopic (exact) mass is 398 g/mol. The molecule has 0 aliphatic heterocycles. The number of fused-ring (bicyclic) bond motifs is 1. The molecule has 2 N–H and O–H groups in total. The molecule has 0 saturated heterocycles. The fraction of sp³-hybridized carbons (Fsp3) is 0.100. The van der Waals surface area contributed by atoms with Gasteiger partial charge in [0.2, 0.25) is 0 Å². The summed E-state index contributed by atoms with van der Waals surface area (Å²) in [6.45, 7) is 1.13. The van der Waals surface area contributed by atoms with Crippen molar-refractivity contribution in [2.24, 2.45) is 0 Å². The second-order valence-corrected chi connectivity index (χ2v) is 7.02. The Kier molecular flexibility index (Phi) is 4.88. The van der Waals surface area contributed by atoms with Gasteiger partial charge in [-0.15, -0.1) is 0 Å². The van der Waals surface area contributed by atoms with Crippen molar-refractivity contribution < 1.29 is 4.79 Å². The number of hydrogen-bond donors (Lipinski definition) is 2. The Bertz CT molecular complexity index is 1090. The number of nitrogens with one attached hydrogen (secondary N) is 2. The number of nitrogens with zero attached hydrogens (tertiary/aromatic N) is 2. The van der Waals surface area contributed by atoms with Gasteiger partial charge in [-0.05, 0) is 35.4 Å². The number of benzene rings is 2. The molecule has 136 valence electrons. The van der Waals surface area contributed by atoms with E-state index in [-0.39, 0.29) is 5.91 Å². The first-order valence-corrected chi connectivity index (χ1v) is 9.16. The molecule has 2 aromatic carbocycles. The zero-order valence-electron chi connectivity index (χ0n) is 14.2. The van der Waals surface area contributed by atoms with Crippen LogP contribution in [0.4, 0.5) is 0 Å². The lowest BCUT2D eigenvalue weighted by atomic mass is 10.1. The fourth-order valence-corrected chi connectivity index (χ4v) is 3.36. The summed E-state index contributed by atoms with van der Waals surface area (Å²) in [7, 11) is 0. The van der Waals surface area contributed by atoms with Crippen molar-refractivity contribution in [2.45, 2.75) is 13.1 Å². The van der Waals surface area contributed by atoms with Crippen molar-refractivity contribution in [3.05, 3.63) is 87.8 Å². The van der Waals surface area contributed by atoms with Crippen LogP contribution < -0.4 is 5.32 Å². The molecule has 5 nitrogen and oxygen atoms in total. The Hall–Kier alpha value is -2.76. The Morgan fingerprint density at radius 2 is 1.89 bits per heavy atom. The first-order chi connectivity index (χ1) is 13.1. The molecule has 7 heteroatoms. The average Bonchev–Trinajstić information content (AvgIpc) is 3.29. The number of amides is 1. The maximum absolute atomic E-state index is 12.5. The van der Waals surface area contributed by atoms with Crippen molar-refractivity contribution in [2.75, 3.05) is 0 Å². The Labute approximate surface area is 165 Å². The lowest BCUT2D eigenvalue weighted by molar-refractivity contribution is 0.0947. The predicted molar refractivity (Wildman–Crippen MR) is 107 cm³/mol. The van der Waals surface area contributed by atoms with E-state index < -0.39 is 0 Å². The maximum Gasteiger partial charge on any atom is 0.269 e. The molecule has 0 aliphatic rings. The van der Waals surface area contributed by atoms with Crippen LogP contribution in [0.1, 0.15) is 21.6 Å². The second-order valence-electron chi connectivity index (χ2n) is 6.21. The van der Waals surface area contributed by atoms with E-state index in [9.17, 15) is 4.79 Å². The number of hydrogen-bond acceptors (Lipinski definition) is 2. The Balaban J connectivity index is 1.42. The molecule has 0 spiro atoms. The van der Waals surface area contributed by atoms with E-state index in [4.69, 9.17) is 23.2 Å². The minimum absolute atomic E-state index is 0.257. The van der Waals surface area contributed by atoms with Gasteiger partial charge in [0.25, 0.3) is 5.91 Å². The van der Waals surface area contributed by atoms with Crippen LogP contribution in [-0.2, 0) is 13.1 Å². The van der Waals surface area contributed by atoms with Crippen molar-refractivity contribution >= 4 is 40.0 Å². The van der Waals surface area contributed by atoms with Gasteiger partial charge >= 0.3 is 0 Å². The summed E-state index contributed by atoms with van der Waals surface area (Å²) in [6, 6.07) is 15.2. The number of halogens is 2. The summed E-state index contributed by atoms with van der Waals surface area (Å²) in [4.78, 5) is 15.5. The SMILES string of the molecule is O=C(NCc1ccc(Cn2cccn2)cc1)c1[nH]c2ccc(Cl)cc2c1Cl. The number of H-pyrrole nitrogens is 1. The van der Waals surface area contributed by atoms with Gasteiger partial charge in [-0.2, -0.15) is 5.10 Å². The molecule has 2 aromatic heterocycles. The van der Waals surface area contributed by atoms with E-state index in [1.165, 1.54) is 0 Å². The maximum atomic E-state index is 12.5. The first-order valence-electron chi connectivity index (χ1n) is 8.40. The molecule has 0 bridgehead atoms. The van der Waals surface area contributed by atoms with E-state index >= 15 is 0 Å². The summed E-state index contributed by atoms with van der Waals surface area (Å²) >= 11 is 12.3. The van der Waals surface area contributed by atoms with E-state index in [1.807, 2.05) is 41.2 Å². The minimum Gasteiger partial charge on any atom is -0.349 e. The number of carbonyl (C=O) groups is 1. The molecule has 2 heterocycles. The predicted octanol–water partition coefficient (Wildman–Crippen LogP) is 4.65. The zero-order valence-corrected chi connectivity index (χ0v) is 15.8. The Morgan fingerprint density at radius 3 is 2.63 bits per heavy atom. The van der Waals surface area contributed by atoms with Gasteiger partial charge in [-0.3, -0.25) is 9.48 Å². The number of carbonyl (C=O) groups excluding carboxylic acids is 1. The molecule has 0 saturated carbocycles. The van der Waals surface area contributed by atoms with Gasteiger partial charge in [-0.25, -0.2) is 0 Å². The molecule has 0 fully saturated rings. The summed E-state index contributed by atoms with van der Waals surface area (Å²) in [6.07, 6.45) is 3.68. The van der Waals surface area contributed by atoms with Crippen molar-refractivity contribution in [1.29, 1.82) is 0 Å².